The minimum absolute atomic E-state index is 0. The van der Waals surface area contributed by atoms with Gasteiger partial charge in [-0.05, 0) is 41.8 Å². The summed E-state index contributed by atoms with van der Waals surface area (Å²) in [6.45, 7) is 1.03. The molecule has 0 spiro atoms. The van der Waals surface area contributed by atoms with Crippen LogP contribution in [0.2, 0.25) is 0 Å². The van der Waals surface area contributed by atoms with Gasteiger partial charge in [-0.3, -0.25) is 4.99 Å². The van der Waals surface area contributed by atoms with Crippen molar-refractivity contribution in [1.82, 2.24) is 10.6 Å². The third-order valence-electron chi connectivity index (χ3n) is 4.00. The number of halogens is 5. The Morgan fingerprint density at radius 3 is 2.13 bits per heavy atom. The maximum Gasteiger partial charge on any atom is 0.422 e. The molecule has 5 nitrogen and oxygen atoms in total. The average molecular weight is 541 g/mol. The Labute approximate surface area is 189 Å². The first-order chi connectivity index (χ1) is 13.7. The highest BCUT2D eigenvalue weighted by Gasteiger charge is 2.29. The summed E-state index contributed by atoms with van der Waals surface area (Å²) in [5.41, 5.74) is 2.10. The lowest BCUT2D eigenvalue weighted by atomic mass is 10.1. The van der Waals surface area contributed by atoms with Crippen LogP contribution in [0.15, 0.2) is 41.4 Å². The minimum atomic E-state index is -4.43. The number of hydrogen-bond donors (Lipinski definition) is 2. The molecule has 2 rings (SSSR count). The molecule has 0 aliphatic rings. The van der Waals surface area contributed by atoms with Gasteiger partial charge in [-0.15, -0.1) is 24.0 Å². The summed E-state index contributed by atoms with van der Waals surface area (Å²) in [5, 5.41) is 6.15. The number of aryl methyl sites for hydroxylation is 1. The SMILES string of the molecule is CN=C(NCc1ccc(C)c(F)c1)NCc1ccc(OCC(F)(F)F)c(OC)c1.I. The Balaban J connectivity index is 0.00000450. The molecule has 0 saturated carbocycles. The molecule has 30 heavy (non-hydrogen) atoms. The lowest BCUT2D eigenvalue weighted by Gasteiger charge is -2.15. The molecule has 2 aromatic rings. The standard InChI is InChI=1S/C20H23F4N3O2.HI/c1-13-4-5-14(8-16(13)21)10-26-19(25-2)27-11-15-6-7-17(18(9-15)28-3)29-12-20(22,23)24;/h4-9H,10-12H2,1-3H3,(H2,25,26,27);1H. The van der Waals surface area contributed by atoms with Crippen LogP contribution in [0.1, 0.15) is 16.7 Å². The maximum atomic E-state index is 13.6. The lowest BCUT2D eigenvalue weighted by molar-refractivity contribution is -0.153. The van der Waals surface area contributed by atoms with Crippen LogP contribution in [0.4, 0.5) is 17.6 Å². The zero-order valence-corrected chi connectivity index (χ0v) is 19.1. The first-order valence-electron chi connectivity index (χ1n) is 8.78. The third kappa shape index (κ3) is 8.25. The first kappa shape index (κ1) is 25.8. The fourth-order valence-corrected chi connectivity index (χ4v) is 2.44. The minimum Gasteiger partial charge on any atom is -0.493 e. The van der Waals surface area contributed by atoms with Crippen LogP contribution in [-0.2, 0) is 13.1 Å². The quantitative estimate of drug-likeness (QED) is 0.234. The summed E-state index contributed by atoms with van der Waals surface area (Å²) in [5.74, 6) is 0.429. The number of nitrogens with zero attached hydrogens (tertiary/aromatic N) is 1. The molecule has 0 radical (unpaired) electrons. The number of nitrogens with one attached hydrogen (secondary N) is 2. The molecule has 10 heteroatoms. The van der Waals surface area contributed by atoms with Crippen LogP contribution in [0.3, 0.4) is 0 Å². The van der Waals surface area contributed by atoms with Crippen molar-refractivity contribution < 1.29 is 27.0 Å². The Bertz CT molecular complexity index is 860. The molecule has 0 heterocycles. The van der Waals surface area contributed by atoms with Crippen molar-refractivity contribution in [2.24, 2.45) is 4.99 Å². The molecule has 0 aliphatic carbocycles. The van der Waals surface area contributed by atoms with E-state index in [1.165, 1.54) is 19.2 Å². The molecule has 166 valence electrons. The second kappa shape index (κ2) is 11.8. The second-order valence-electron chi connectivity index (χ2n) is 6.25. The molecule has 0 bridgehead atoms. The van der Waals surface area contributed by atoms with Gasteiger partial charge in [0.15, 0.2) is 24.1 Å². The predicted octanol–water partition coefficient (Wildman–Crippen LogP) is 4.57. The highest BCUT2D eigenvalue weighted by Crippen LogP contribution is 2.29. The van der Waals surface area contributed by atoms with E-state index in [0.29, 0.717) is 24.6 Å². The Kier molecular flexibility index (Phi) is 10.2. The van der Waals surface area contributed by atoms with Crippen molar-refractivity contribution in [3.63, 3.8) is 0 Å². The Morgan fingerprint density at radius 2 is 1.60 bits per heavy atom. The molecule has 0 aromatic heterocycles. The molecule has 0 atom stereocenters. The fourth-order valence-electron chi connectivity index (χ4n) is 2.44. The number of aliphatic imine (C=N–C) groups is 1. The highest BCUT2D eigenvalue weighted by molar-refractivity contribution is 14.0. The van der Waals surface area contributed by atoms with Gasteiger partial charge in [0, 0.05) is 20.1 Å². The summed E-state index contributed by atoms with van der Waals surface area (Å²) in [4.78, 5) is 4.09. The highest BCUT2D eigenvalue weighted by atomic mass is 127. The summed E-state index contributed by atoms with van der Waals surface area (Å²) in [6, 6.07) is 9.62. The van der Waals surface area contributed by atoms with E-state index in [0.717, 1.165) is 11.1 Å². The van der Waals surface area contributed by atoms with Crippen LogP contribution in [-0.4, -0.2) is 32.9 Å². The summed E-state index contributed by atoms with van der Waals surface area (Å²) >= 11 is 0. The zero-order valence-electron chi connectivity index (χ0n) is 16.8. The van der Waals surface area contributed by atoms with Crippen molar-refractivity contribution in [3.8, 4) is 11.5 Å². The predicted molar refractivity (Wildman–Crippen MR) is 118 cm³/mol. The van der Waals surface area contributed by atoms with Crippen molar-refractivity contribution in [1.29, 1.82) is 0 Å². The topological polar surface area (TPSA) is 54.9 Å². The molecule has 0 amide bonds. The van der Waals surface area contributed by atoms with E-state index in [4.69, 9.17) is 9.47 Å². The second-order valence-corrected chi connectivity index (χ2v) is 6.25. The molecule has 0 unspecified atom stereocenters. The number of methoxy groups -OCH3 is 1. The zero-order chi connectivity index (χ0) is 21.4. The van der Waals surface area contributed by atoms with E-state index < -0.39 is 12.8 Å². The summed E-state index contributed by atoms with van der Waals surface area (Å²) in [7, 11) is 2.95. The van der Waals surface area contributed by atoms with Crippen LogP contribution < -0.4 is 20.1 Å². The molecule has 2 aromatic carbocycles. The van der Waals surface area contributed by atoms with Gasteiger partial charge in [0.05, 0.1) is 7.11 Å². The normalized spacial score (nSPS) is 11.5. The Morgan fingerprint density at radius 1 is 1.00 bits per heavy atom. The van der Waals surface area contributed by atoms with E-state index in [-0.39, 0.29) is 41.3 Å². The molecular weight excluding hydrogens is 517 g/mol. The van der Waals surface area contributed by atoms with E-state index in [2.05, 4.69) is 15.6 Å². The van der Waals surface area contributed by atoms with Crippen LogP contribution in [0.5, 0.6) is 11.5 Å². The van der Waals surface area contributed by atoms with Crippen molar-refractivity contribution in [2.75, 3.05) is 20.8 Å². The number of benzene rings is 2. The van der Waals surface area contributed by atoms with E-state index in [1.54, 1.807) is 32.2 Å². The maximum absolute atomic E-state index is 13.6. The van der Waals surface area contributed by atoms with Gasteiger partial charge in [0.2, 0.25) is 0 Å². The van der Waals surface area contributed by atoms with Crippen molar-refractivity contribution in [2.45, 2.75) is 26.2 Å². The molecule has 0 fully saturated rings. The molecule has 0 saturated heterocycles. The van der Waals surface area contributed by atoms with Crippen LogP contribution in [0, 0.1) is 12.7 Å². The molecular formula is C20H24F4IN3O2. The van der Waals surface area contributed by atoms with E-state index >= 15 is 0 Å². The van der Waals surface area contributed by atoms with Gasteiger partial charge in [-0.2, -0.15) is 13.2 Å². The number of hydrogen-bond acceptors (Lipinski definition) is 3. The summed E-state index contributed by atoms with van der Waals surface area (Å²) in [6.07, 6.45) is -4.43. The lowest BCUT2D eigenvalue weighted by Crippen LogP contribution is -2.36. The van der Waals surface area contributed by atoms with Gasteiger partial charge < -0.3 is 20.1 Å². The van der Waals surface area contributed by atoms with Gasteiger partial charge in [0.25, 0.3) is 0 Å². The third-order valence-corrected chi connectivity index (χ3v) is 4.00. The van der Waals surface area contributed by atoms with Crippen LogP contribution in [0.25, 0.3) is 0 Å². The molecule has 2 N–H and O–H groups in total. The summed E-state index contributed by atoms with van der Waals surface area (Å²) < 4.78 is 60.5. The fraction of sp³-hybridized carbons (Fsp3) is 0.350. The van der Waals surface area contributed by atoms with Gasteiger partial charge in [-0.1, -0.05) is 18.2 Å². The van der Waals surface area contributed by atoms with Crippen LogP contribution >= 0.6 is 24.0 Å². The average Bonchev–Trinajstić information content (AvgIpc) is 2.68. The van der Waals surface area contributed by atoms with Gasteiger partial charge >= 0.3 is 6.18 Å². The number of rotatable bonds is 7. The monoisotopic (exact) mass is 541 g/mol. The number of alkyl halides is 3. The first-order valence-corrected chi connectivity index (χ1v) is 8.78. The van der Waals surface area contributed by atoms with Crippen molar-refractivity contribution >= 4 is 29.9 Å². The Hall–Kier alpha value is -2.24. The van der Waals surface area contributed by atoms with Crippen molar-refractivity contribution in [3.05, 3.63) is 58.9 Å². The largest absolute Gasteiger partial charge is 0.493 e. The molecule has 0 aliphatic heterocycles. The van der Waals surface area contributed by atoms with E-state index in [1.807, 2.05) is 6.07 Å². The number of ether oxygens (including phenoxy) is 2. The van der Waals surface area contributed by atoms with Gasteiger partial charge in [-0.25, -0.2) is 4.39 Å². The van der Waals surface area contributed by atoms with E-state index in [9.17, 15) is 17.6 Å². The smallest absolute Gasteiger partial charge is 0.422 e. The number of guanidine groups is 1. The van der Waals surface area contributed by atoms with Gasteiger partial charge in [0.1, 0.15) is 5.82 Å².